The lowest BCUT2D eigenvalue weighted by Gasteiger charge is -2.08. The third-order valence-corrected chi connectivity index (χ3v) is 3.67. The number of nitrogens with one attached hydrogen (secondary N) is 2. The number of rotatable bonds is 8. The summed E-state index contributed by atoms with van der Waals surface area (Å²) in [6, 6.07) is 13.8. The summed E-state index contributed by atoms with van der Waals surface area (Å²) in [4.78, 5) is 34.7. The van der Waals surface area contributed by atoms with Crippen LogP contribution < -0.4 is 15.4 Å². The van der Waals surface area contributed by atoms with Crippen LogP contribution in [-0.2, 0) is 20.7 Å². The Morgan fingerprint density at radius 2 is 1.63 bits per heavy atom. The Bertz CT molecular complexity index is 785. The number of esters is 1. The number of methoxy groups -OCH3 is 1. The van der Waals surface area contributed by atoms with Gasteiger partial charge < -0.3 is 20.1 Å². The lowest BCUT2D eigenvalue weighted by molar-refractivity contribution is -0.124. The molecule has 2 N–H and O–H groups in total. The first-order valence-electron chi connectivity index (χ1n) is 8.42. The Hall–Kier alpha value is -3.35. The molecule has 0 aliphatic carbocycles. The molecule has 0 spiro atoms. The number of amides is 2. The van der Waals surface area contributed by atoms with Gasteiger partial charge >= 0.3 is 5.97 Å². The Kier molecular flexibility index (Phi) is 7.37. The van der Waals surface area contributed by atoms with E-state index in [0.29, 0.717) is 24.2 Å². The molecule has 0 heterocycles. The lowest BCUT2D eigenvalue weighted by Crippen LogP contribution is -2.30. The molecule has 2 aromatic carbocycles. The number of benzene rings is 2. The van der Waals surface area contributed by atoms with Gasteiger partial charge in [0.15, 0.2) is 6.61 Å². The summed E-state index contributed by atoms with van der Waals surface area (Å²) in [7, 11) is 1.61. The summed E-state index contributed by atoms with van der Waals surface area (Å²) in [6.07, 6.45) is 0.661. The summed E-state index contributed by atoms with van der Waals surface area (Å²) in [6.45, 7) is 1.48. The maximum Gasteiger partial charge on any atom is 0.338 e. The zero-order valence-electron chi connectivity index (χ0n) is 15.3. The van der Waals surface area contributed by atoms with Gasteiger partial charge in [0.05, 0.1) is 12.7 Å². The van der Waals surface area contributed by atoms with Crippen LogP contribution in [0.4, 0.5) is 5.69 Å². The molecule has 0 aliphatic rings. The predicted octanol–water partition coefficient (Wildman–Crippen LogP) is 2.17. The fourth-order valence-corrected chi connectivity index (χ4v) is 2.30. The summed E-state index contributed by atoms with van der Waals surface area (Å²) in [5, 5.41) is 5.30. The van der Waals surface area contributed by atoms with E-state index in [9.17, 15) is 14.4 Å². The summed E-state index contributed by atoms with van der Waals surface area (Å²) in [5.74, 6) is -0.391. The summed E-state index contributed by atoms with van der Waals surface area (Å²) in [5.41, 5.74) is 1.94. The van der Waals surface area contributed by atoms with Crippen LogP contribution in [-0.4, -0.2) is 38.0 Å². The molecule has 142 valence electrons. The monoisotopic (exact) mass is 370 g/mol. The molecule has 2 amide bonds. The van der Waals surface area contributed by atoms with Gasteiger partial charge in [-0.3, -0.25) is 9.59 Å². The molecule has 0 saturated carbocycles. The van der Waals surface area contributed by atoms with Crippen molar-refractivity contribution in [1.82, 2.24) is 5.32 Å². The molecule has 0 bridgehead atoms. The van der Waals surface area contributed by atoms with E-state index >= 15 is 0 Å². The molecule has 0 aromatic heterocycles. The second-order valence-electron chi connectivity index (χ2n) is 5.78. The van der Waals surface area contributed by atoms with Crippen molar-refractivity contribution in [2.45, 2.75) is 13.3 Å². The molecule has 27 heavy (non-hydrogen) atoms. The van der Waals surface area contributed by atoms with E-state index in [1.807, 2.05) is 24.3 Å². The molecule has 0 radical (unpaired) electrons. The molecule has 2 rings (SSSR count). The molecule has 7 heteroatoms. The van der Waals surface area contributed by atoms with Crippen LogP contribution in [0.15, 0.2) is 48.5 Å². The van der Waals surface area contributed by atoms with Crippen LogP contribution in [0.25, 0.3) is 0 Å². The van der Waals surface area contributed by atoms with Crippen molar-refractivity contribution in [2.75, 3.05) is 25.6 Å². The van der Waals surface area contributed by atoms with Crippen LogP contribution in [0, 0.1) is 0 Å². The van der Waals surface area contributed by atoms with Gasteiger partial charge in [0.25, 0.3) is 5.91 Å². The topological polar surface area (TPSA) is 93.7 Å². The Morgan fingerprint density at radius 1 is 0.963 bits per heavy atom. The number of anilines is 1. The van der Waals surface area contributed by atoms with Crippen molar-refractivity contribution in [3.63, 3.8) is 0 Å². The first-order chi connectivity index (χ1) is 13.0. The normalized spacial score (nSPS) is 10.0. The predicted molar refractivity (Wildman–Crippen MR) is 101 cm³/mol. The highest BCUT2D eigenvalue weighted by Crippen LogP contribution is 2.12. The van der Waals surface area contributed by atoms with Gasteiger partial charge in [-0.2, -0.15) is 0 Å². The maximum absolute atomic E-state index is 11.9. The smallest absolute Gasteiger partial charge is 0.338 e. The van der Waals surface area contributed by atoms with E-state index in [4.69, 9.17) is 9.47 Å². The third-order valence-electron chi connectivity index (χ3n) is 3.67. The van der Waals surface area contributed by atoms with Crippen molar-refractivity contribution in [2.24, 2.45) is 0 Å². The highest BCUT2D eigenvalue weighted by atomic mass is 16.5. The van der Waals surface area contributed by atoms with Crippen molar-refractivity contribution in [3.8, 4) is 5.75 Å². The largest absolute Gasteiger partial charge is 0.497 e. The fourth-order valence-electron chi connectivity index (χ4n) is 2.30. The lowest BCUT2D eigenvalue weighted by atomic mass is 10.1. The van der Waals surface area contributed by atoms with Crippen molar-refractivity contribution >= 4 is 23.5 Å². The first-order valence-corrected chi connectivity index (χ1v) is 8.42. The van der Waals surface area contributed by atoms with Crippen LogP contribution >= 0.6 is 0 Å². The average Bonchev–Trinajstić information content (AvgIpc) is 2.67. The zero-order chi connectivity index (χ0) is 19.6. The summed E-state index contributed by atoms with van der Waals surface area (Å²) < 4.78 is 10.1. The fraction of sp³-hybridized carbons (Fsp3) is 0.250. The molecule has 7 nitrogen and oxygen atoms in total. The van der Waals surface area contributed by atoms with Crippen LogP contribution in [0.1, 0.15) is 22.8 Å². The molecule has 0 unspecified atom stereocenters. The van der Waals surface area contributed by atoms with Crippen molar-refractivity contribution in [3.05, 3.63) is 59.7 Å². The minimum Gasteiger partial charge on any atom is -0.497 e. The number of carbonyl (C=O) groups excluding carboxylic acids is 3. The minimum absolute atomic E-state index is 0.198. The molecule has 0 saturated heterocycles. The van der Waals surface area contributed by atoms with E-state index in [0.717, 1.165) is 11.3 Å². The molecular formula is C20H22N2O5. The van der Waals surface area contributed by atoms with Gasteiger partial charge in [-0.05, 0) is 48.4 Å². The first kappa shape index (κ1) is 20.0. The van der Waals surface area contributed by atoms with E-state index in [2.05, 4.69) is 10.6 Å². The quantitative estimate of drug-likeness (QED) is 0.695. The van der Waals surface area contributed by atoms with Gasteiger partial charge in [-0.25, -0.2) is 4.79 Å². The molecule has 0 atom stereocenters. The third kappa shape index (κ3) is 6.81. The number of carbonyl (C=O) groups is 3. The average molecular weight is 370 g/mol. The molecule has 2 aromatic rings. The van der Waals surface area contributed by atoms with E-state index in [1.54, 1.807) is 19.2 Å². The van der Waals surface area contributed by atoms with Crippen molar-refractivity contribution < 1.29 is 23.9 Å². The van der Waals surface area contributed by atoms with Crippen molar-refractivity contribution in [1.29, 1.82) is 0 Å². The van der Waals surface area contributed by atoms with Gasteiger partial charge in [0, 0.05) is 19.2 Å². The number of ether oxygens (including phenoxy) is 2. The number of hydrogen-bond donors (Lipinski definition) is 2. The highest BCUT2D eigenvalue weighted by molar-refractivity contribution is 5.93. The van der Waals surface area contributed by atoms with Crippen LogP contribution in [0.2, 0.25) is 0 Å². The standard InChI is InChI=1S/C20H22N2O5/c1-14(23)22-17-7-5-16(6-8-17)20(25)27-13-19(24)21-12-11-15-3-9-18(26-2)10-4-15/h3-10H,11-13H2,1-2H3,(H,21,24)(H,22,23). The zero-order valence-corrected chi connectivity index (χ0v) is 15.3. The van der Waals surface area contributed by atoms with Gasteiger partial charge in [-0.15, -0.1) is 0 Å². The Balaban J connectivity index is 1.71. The molecular weight excluding hydrogens is 348 g/mol. The van der Waals surface area contributed by atoms with Crippen LogP contribution in [0.5, 0.6) is 5.75 Å². The van der Waals surface area contributed by atoms with Gasteiger partial charge in [0.2, 0.25) is 5.91 Å². The van der Waals surface area contributed by atoms with E-state index in [1.165, 1.54) is 19.1 Å². The SMILES string of the molecule is COc1ccc(CCNC(=O)COC(=O)c2ccc(NC(C)=O)cc2)cc1. The number of hydrogen-bond acceptors (Lipinski definition) is 5. The van der Waals surface area contributed by atoms with E-state index < -0.39 is 5.97 Å². The highest BCUT2D eigenvalue weighted by Gasteiger charge is 2.10. The maximum atomic E-state index is 11.9. The second kappa shape index (κ2) is 9.96. The Labute approximate surface area is 157 Å². The van der Waals surface area contributed by atoms with Gasteiger partial charge in [0.1, 0.15) is 5.75 Å². The molecule has 0 fully saturated rings. The second-order valence-corrected chi connectivity index (χ2v) is 5.78. The summed E-state index contributed by atoms with van der Waals surface area (Å²) >= 11 is 0. The Morgan fingerprint density at radius 3 is 2.22 bits per heavy atom. The minimum atomic E-state index is -0.602. The molecule has 0 aliphatic heterocycles. The van der Waals surface area contributed by atoms with Gasteiger partial charge in [-0.1, -0.05) is 12.1 Å². The van der Waals surface area contributed by atoms with Crippen LogP contribution in [0.3, 0.4) is 0 Å². The van der Waals surface area contributed by atoms with E-state index in [-0.39, 0.29) is 18.4 Å².